The second kappa shape index (κ2) is 8.22. The Labute approximate surface area is 165 Å². The Morgan fingerprint density at radius 1 is 1.21 bits per heavy atom. The third-order valence-electron chi connectivity index (χ3n) is 4.44. The fourth-order valence-corrected chi connectivity index (χ4v) is 2.80. The first-order valence-corrected chi connectivity index (χ1v) is 9.07. The number of nitriles is 1. The first-order chi connectivity index (χ1) is 13.1. The predicted octanol–water partition coefficient (Wildman–Crippen LogP) is 4.05. The van der Waals surface area contributed by atoms with Crippen LogP contribution in [0.1, 0.15) is 60.4 Å². The van der Waals surface area contributed by atoms with E-state index in [0.717, 1.165) is 5.56 Å². The van der Waals surface area contributed by atoms with Crippen molar-refractivity contribution >= 4 is 17.4 Å². The van der Waals surface area contributed by atoms with E-state index in [4.69, 9.17) is 10.00 Å². The summed E-state index contributed by atoms with van der Waals surface area (Å²) in [5.74, 6) is -0.300. The van der Waals surface area contributed by atoms with Gasteiger partial charge in [0.2, 0.25) is 11.8 Å². The zero-order valence-corrected chi connectivity index (χ0v) is 17.1. The molecule has 6 heteroatoms. The highest BCUT2D eigenvalue weighted by Gasteiger charge is 2.29. The quantitative estimate of drug-likeness (QED) is 0.791. The highest BCUT2D eigenvalue weighted by molar-refractivity contribution is 6.16. The second-order valence-corrected chi connectivity index (χ2v) is 7.51. The Balaban J connectivity index is 2.71. The lowest BCUT2D eigenvalue weighted by atomic mass is 9.92. The number of carbonyl (C=O) groups is 2. The zero-order valence-electron chi connectivity index (χ0n) is 17.1. The summed E-state index contributed by atoms with van der Waals surface area (Å²) in [5, 5.41) is 11.8. The zero-order chi connectivity index (χ0) is 21.1. The van der Waals surface area contributed by atoms with Crippen molar-refractivity contribution in [1.82, 2.24) is 4.98 Å². The van der Waals surface area contributed by atoms with E-state index in [1.807, 2.05) is 19.9 Å². The maximum Gasteiger partial charge on any atom is 0.238 e. The molecule has 1 amide bonds. The molecule has 0 radical (unpaired) electrons. The largest absolute Gasteiger partial charge is 0.479 e. The van der Waals surface area contributed by atoms with E-state index in [1.165, 1.54) is 7.11 Å². The number of methoxy groups -OCH3 is 1. The number of rotatable bonds is 5. The standard InChI is InChI=1S/C22H25N3O3/c1-7-16-13(2)24-20(28-6)18(25-21(27)22(3,4)5)17(16)19(26)15-10-8-14(12-23)9-11-15/h8-11H,7H2,1-6H3,(H,25,27). The van der Waals surface area contributed by atoms with Crippen LogP contribution < -0.4 is 10.1 Å². The van der Waals surface area contributed by atoms with Crippen LogP contribution >= 0.6 is 0 Å². The molecule has 0 fully saturated rings. The molecule has 0 aliphatic heterocycles. The first-order valence-electron chi connectivity index (χ1n) is 9.07. The lowest BCUT2D eigenvalue weighted by Gasteiger charge is -2.22. The molecule has 0 aliphatic carbocycles. The van der Waals surface area contributed by atoms with Gasteiger partial charge in [0.05, 0.1) is 24.3 Å². The van der Waals surface area contributed by atoms with Crippen LogP contribution in [0.4, 0.5) is 5.69 Å². The van der Waals surface area contributed by atoms with Crippen LogP contribution in [-0.4, -0.2) is 23.8 Å². The number of amides is 1. The highest BCUT2D eigenvalue weighted by Crippen LogP contribution is 2.34. The Bertz CT molecular complexity index is 949. The number of ether oxygens (including phenoxy) is 1. The van der Waals surface area contributed by atoms with Crippen molar-refractivity contribution in [2.75, 3.05) is 12.4 Å². The van der Waals surface area contributed by atoms with E-state index >= 15 is 0 Å². The molecule has 0 saturated heterocycles. The van der Waals surface area contributed by atoms with Crippen LogP contribution in [0, 0.1) is 23.7 Å². The van der Waals surface area contributed by atoms with Crippen LogP contribution in [0.3, 0.4) is 0 Å². The Morgan fingerprint density at radius 2 is 1.82 bits per heavy atom. The van der Waals surface area contributed by atoms with Gasteiger partial charge in [-0.2, -0.15) is 5.26 Å². The van der Waals surface area contributed by atoms with E-state index in [0.29, 0.717) is 28.8 Å². The van der Waals surface area contributed by atoms with Gasteiger partial charge in [-0.3, -0.25) is 9.59 Å². The smallest absolute Gasteiger partial charge is 0.238 e. The molecule has 28 heavy (non-hydrogen) atoms. The van der Waals surface area contributed by atoms with Gasteiger partial charge in [0.15, 0.2) is 5.78 Å². The van der Waals surface area contributed by atoms with Gasteiger partial charge in [-0.25, -0.2) is 4.98 Å². The van der Waals surface area contributed by atoms with E-state index in [2.05, 4.69) is 10.3 Å². The van der Waals surface area contributed by atoms with Gasteiger partial charge < -0.3 is 10.1 Å². The van der Waals surface area contributed by atoms with Gasteiger partial charge in [-0.15, -0.1) is 0 Å². The number of hydrogen-bond acceptors (Lipinski definition) is 5. The molecule has 0 saturated carbocycles. The number of pyridine rings is 1. The van der Waals surface area contributed by atoms with Crippen LogP contribution in [0.5, 0.6) is 5.88 Å². The normalized spacial score (nSPS) is 10.9. The molecule has 1 N–H and O–H groups in total. The third-order valence-corrected chi connectivity index (χ3v) is 4.44. The average Bonchev–Trinajstić information content (AvgIpc) is 2.67. The molecule has 0 spiro atoms. The van der Waals surface area contributed by atoms with Crippen molar-refractivity contribution in [2.45, 2.75) is 41.0 Å². The molecule has 0 bridgehead atoms. The fourth-order valence-electron chi connectivity index (χ4n) is 2.80. The number of carbonyl (C=O) groups excluding carboxylic acids is 2. The van der Waals surface area contributed by atoms with Crippen molar-refractivity contribution in [3.05, 3.63) is 52.2 Å². The molecule has 1 heterocycles. The van der Waals surface area contributed by atoms with Crippen LogP contribution in [0.25, 0.3) is 0 Å². The van der Waals surface area contributed by atoms with Crippen molar-refractivity contribution in [2.24, 2.45) is 5.41 Å². The maximum absolute atomic E-state index is 13.4. The molecule has 2 aromatic rings. The fraction of sp³-hybridized carbons (Fsp3) is 0.364. The number of benzene rings is 1. The maximum atomic E-state index is 13.4. The molecular formula is C22H25N3O3. The minimum atomic E-state index is -0.656. The Morgan fingerprint density at radius 3 is 2.29 bits per heavy atom. The number of ketones is 1. The minimum Gasteiger partial charge on any atom is -0.479 e. The van der Waals surface area contributed by atoms with Gasteiger partial charge in [-0.05, 0) is 43.2 Å². The van der Waals surface area contributed by atoms with Crippen LogP contribution in [0.2, 0.25) is 0 Å². The summed E-state index contributed by atoms with van der Waals surface area (Å²) in [4.78, 5) is 30.4. The Hall–Kier alpha value is -3.20. The van der Waals surface area contributed by atoms with Crippen LogP contribution in [0.15, 0.2) is 24.3 Å². The van der Waals surface area contributed by atoms with Gasteiger partial charge in [0.1, 0.15) is 5.69 Å². The molecule has 6 nitrogen and oxygen atoms in total. The predicted molar refractivity (Wildman–Crippen MR) is 108 cm³/mol. The molecule has 0 unspecified atom stereocenters. The van der Waals surface area contributed by atoms with E-state index in [1.54, 1.807) is 45.0 Å². The lowest BCUT2D eigenvalue weighted by Crippen LogP contribution is -2.29. The molecule has 2 rings (SSSR count). The Kier molecular flexibility index (Phi) is 6.19. The summed E-state index contributed by atoms with van der Waals surface area (Å²) in [6, 6.07) is 8.45. The second-order valence-electron chi connectivity index (χ2n) is 7.51. The summed E-state index contributed by atoms with van der Waals surface area (Å²) >= 11 is 0. The van der Waals surface area contributed by atoms with Crippen molar-refractivity contribution in [3.8, 4) is 11.9 Å². The number of anilines is 1. The highest BCUT2D eigenvalue weighted by atomic mass is 16.5. The molecule has 1 aromatic carbocycles. The number of nitrogens with one attached hydrogen (secondary N) is 1. The number of aromatic nitrogens is 1. The van der Waals surface area contributed by atoms with Crippen molar-refractivity contribution in [1.29, 1.82) is 5.26 Å². The SMILES string of the molecule is CCc1c(C)nc(OC)c(NC(=O)C(C)(C)C)c1C(=O)c1ccc(C#N)cc1. The topological polar surface area (TPSA) is 92.1 Å². The third kappa shape index (κ3) is 4.20. The van der Waals surface area contributed by atoms with E-state index in [-0.39, 0.29) is 23.3 Å². The summed E-state index contributed by atoms with van der Waals surface area (Å²) in [7, 11) is 1.45. The number of nitrogens with zero attached hydrogens (tertiary/aromatic N) is 2. The average molecular weight is 379 g/mol. The molecule has 1 aromatic heterocycles. The van der Waals surface area contributed by atoms with E-state index in [9.17, 15) is 9.59 Å². The summed E-state index contributed by atoms with van der Waals surface area (Å²) < 4.78 is 5.38. The van der Waals surface area contributed by atoms with Crippen LogP contribution in [-0.2, 0) is 11.2 Å². The molecule has 146 valence electrons. The summed E-state index contributed by atoms with van der Waals surface area (Å²) in [6.07, 6.45) is 0.568. The van der Waals surface area contributed by atoms with E-state index < -0.39 is 5.41 Å². The van der Waals surface area contributed by atoms with Gasteiger partial charge in [0.25, 0.3) is 0 Å². The summed E-state index contributed by atoms with van der Waals surface area (Å²) in [5.41, 5.74) is 2.30. The molecule has 0 atom stereocenters. The van der Waals surface area contributed by atoms with Gasteiger partial charge in [0, 0.05) is 16.7 Å². The number of aryl methyl sites for hydroxylation is 1. The molecular weight excluding hydrogens is 354 g/mol. The first kappa shape index (κ1) is 21.1. The monoisotopic (exact) mass is 379 g/mol. The minimum absolute atomic E-state index is 0.198. The molecule has 0 aliphatic rings. The van der Waals surface area contributed by atoms with Crippen molar-refractivity contribution < 1.29 is 14.3 Å². The van der Waals surface area contributed by atoms with Gasteiger partial charge in [-0.1, -0.05) is 27.7 Å². The van der Waals surface area contributed by atoms with Crippen molar-refractivity contribution in [3.63, 3.8) is 0 Å². The van der Waals surface area contributed by atoms with Gasteiger partial charge >= 0.3 is 0 Å². The number of hydrogen-bond donors (Lipinski definition) is 1. The summed E-state index contributed by atoms with van der Waals surface area (Å²) in [6.45, 7) is 9.12. The lowest BCUT2D eigenvalue weighted by molar-refractivity contribution is -0.123.